The maximum atomic E-state index is 12.0. The van der Waals surface area contributed by atoms with Crippen LogP contribution in [-0.4, -0.2) is 29.7 Å². The molecule has 7 heteroatoms. The molecule has 1 fully saturated rings. The number of hydrogen-bond donors (Lipinski definition) is 2. The van der Waals surface area contributed by atoms with Gasteiger partial charge in [0.2, 0.25) is 23.6 Å². The highest BCUT2D eigenvalue weighted by Gasteiger charge is 2.39. The van der Waals surface area contributed by atoms with E-state index < -0.39 is 6.04 Å². The van der Waals surface area contributed by atoms with E-state index >= 15 is 0 Å². The van der Waals surface area contributed by atoms with Gasteiger partial charge in [0.25, 0.3) is 0 Å². The fourth-order valence-electron chi connectivity index (χ4n) is 3.71. The first-order chi connectivity index (χ1) is 13.5. The van der Waals surface area contributed by atoms with Crippen molar-refractivity contribution in [3.05, 3.63) is 59.7 Å². The third kappa shape index (κ3) is 3.38. The normalized spacial score (nSPS) is 20.0. The predicted molar refractivity (Wildman–Crippen MR) is 103 cm³/mol. The molecule has 142 valence electrons. The van der Waals surface area contributed by atoms with E-state index in [9.17, 15) is 19.2 Å². The Kier molecular flexibility index (Phi) is 4.65. The first kappa shape index (κ1) is 17.9. The number of fused-ring (bicyclic) bond motifs is 2. The number of piperidine rings is 1. The van der Waals surface area contributed by atoms with Gasteiger partial charge in [-0.15, -0.1) is 0 Å². The molecule has 0 aromatic heterocycles. The van der Waals surface area contributed by atoms with Crippen LogP contribution in [0.15, 0.2) is 48.5 Å². The molecule has 3 aliphatic rings. The van der Waals surface area contributed by atoms with E-state index in [1.165, 1.54) is 4.90 Å². The lowest BCUT2D eigenvalue weighted by atomic mass is 10.0. The van der Waals surface area contributed by atoms with Crippen molar-refractivity contribution in [1.29, 1.82) is 0 Å². The van der Waals surface area contributed by atoms with Crippen LogP contribution in [0.25, 0.3) is 0 Å². The van der Waals surface area contributed by atoms with Crippen LogP contribution in [0.1, 0.15) is 24.0 Å². The maximum absolute atomic E-state index is 12.0. The molecule has 7 nitrogen and oxygen atoms in total. The quantitative estimate of drug-likeness (QED) is 0.738. The van der Waals surface area contributed by atoms with Gasteiger partial charge in [-0.1, -0.05) is 36.4 Å². The first-order valence-electron chi connectivity index (χ1n) is 9.14. The summed E-state index contributed by atoms with van der Waals surface area (Å²) in [4.78, 5) is 47.3. The van der Waals surface area contributed by atoms with Gasteiger partial charge < -0.3 is 5.32 Å². The largest absolute Gasteiger partial charge is 0.326 e. The molecule has 1 saturated heterocycles. The van der Waals surface area contributed by atoms with E-state index in [1.54, 1.807) is 0 Å². The van der Waals surface area contributed by atoms with Crippen LogP contribution in [0.3, 0.4) is 0 Å². The lowest BCUT2D eigenvalue weighted by Gasteiger charge is -2.30. The number of anilines is 2. The van der Waals surface area contributed by atoms with E-state index in [0.29, 0.717) is 19.3 Å². The van der Waals surface area contributed by atoms with Gasteiger partial charge in [0.1, 0.15) is 6.04 Å². The number of imide groups is 1. The monoisotopic (exact) mass is 377 g/mol. The lowest BCUT2D eigenvalue weighted by Crippen LogP contribution is -2.53. The van der Waals surface area contributed by atoms with Crippen molar-refractivity contribution in [2.45, 2.75) is 31.7 Å². The number of carbonyl (C=O) groups excluding carboxylic acids is 4. The van der Waals surface area contributed by atoms with E-state index in [-0.39, 0.29) is 30.0 Å². The van der Waals surface area contributed by atoms with Gasteiger partial charge in [-0.2, -0.15) is 0 Å². The van der Waals surface area contributed by atoms with Crippen LogP contribution >= 0.6 is 0 Å². The van der Waals surface area contributed by atoms with Crippen LogP contribution in [0.5, 0.6) is 0 Å². The molecule has 2 aromatic rings. The number of amides is 4. The number of para-hydroxylation sites is 2. The molecule has 3 aliphatic heterocycles. The Morgan fingerprint density at radius 2 is 1.50 bits per heavy atom. The van der Waals surface area contributed by atoms with Gasteiger partial charge >= 0.3 is 0 Å². The maximum Gasteiger partial charge on any atom is 0.249 e. The Morgan fingerprint density at radius 1 is 0.786 bits per heavy atom. The highest BCUT2D eigenvalue weighted by Crippen LogP contribution is 2.32. The summed E-state index contributed by atoms with van der Waals surface area (Å²) in [5.74, 6) is -0.626. The van der Waals surface area contributed by atoms with Gasteiger partial charge in [0.15, 0.2) is 0 Å². The zero-order valence-electron chi connectivity index (χ0n) is 15.1. The topological polar surface area (TPSA) is 95.6 Å². The summed E-state index contributed by atoms with van der Waals surface area (Å²) in [5, 5.41) is 5.04. The minimum Gasteiger partial charge on any atom is -0.326 e. The van der Waals surface area contributed by atoms with Crippen molar-refractivity contribution in [1.82, 2.24) is 5.32 Å². The average Bonchev–Trinajstić information content (AvgIpc) is 3.21. The summed E-state index contributed by atoms with van der Waals surface area (Å²) in [6.07, 6.45) is 1.54. The summed E-state index contributed by atoms with van der Waals surface area (Å²) in [7, 11) is 0. The van der Waals surface area contributed by atoms with Crippen molar-refractivity contribution in [2.24, 2.45) is 0 Å². The third-order valence-corrected chi connectivity index (χ3v) is 5.03. The number of benzene rings is 2. The van der Waals surface area contributed by atoms with E-state index in [0.717, 1.165) is 22.5 Å². The minimum atomic E-state index is -0.557. The number of nitrogens with zero attached hydrogens (tertiary/aromatic N) is 1. The average molecular weight is 377 g/mol. The van der Waals surface area contributed by atoms with Gasteiger partial charge in [-0.3, -0.25) is 29.4 Å². The Hall–Kier alpha value is -3.48. The van der Waals surface area contributed by atoms with Crippen molar-refractivity contribution in [2.75, 3.05) is 10.2 Å². The molecule has 5 rings (SSSR count). The van der Waals surface area contributed by atoms with Gasteiger partial charge in [0.05, 0.1) is 12.8 Å². The summed E-state index contributed by atoms with van der Waals surface area (Å²) in [6.45, 7) is 0. The first-order valence-corrected chi connectivity index (χ1v) is 9.14. The highest BCUT2D eigenvalue weighted by molar-refractivity contribution is 6.10. The summed E-state index contributed by atoms with van der Waals surface area (Å²) < 4.78 is 0. The molecule has 0 aliphatic carbocycles. The zero-order chi connectivity index (χ0) is 19.7. The summed E-state index contributed by atoms with van der Waals surface area (Å²) in [6, 6.07) is 14.6. The number of hydrogen-bond acceptors (Lipinski definition) is 4. The van der Waals surface area contributed by atoms with Gasteiger partial charge in [-0.05, 0) is 29.7 Å². The molecule has 0 radical (unpaired) electrons. The Labute approximate surface area is 161 Å². The van der Waals surface area contributed by atoms with Crippen molar-refractivity contribution >= 4 is 35.0 Å². The summed E-state index contributed by atoms with van der Waals surface area (Å²) >= 11 is 0. The second-order valence-electron chi connectivity index (χ2n) is 6.92. The molecule has 0 saturated carbocycles. The second kappa shape index (κ2) is 7.26. The van der Waals surface area contributed by atoms with E-state index in [2.05, 4.69) is 10.6 Å². The molecule has 0 bridgehead atoms. The fraction of sp³-hybridized carbons (Fsp3) is 0.238. The minimum absolute atomic E-state index is 0.0781. The molecular weight excluding hydrogens is 358 g/mol. The Morgan fingerprint density at radius 3 is 2.25 bits per heavy atom. The predicted octanol–water partition coefficient (Wildman–Crippen LogP) is 1.56. The van der Waals surface area contributed by atoms with Crippen molar-refractivity contribution < 1.29 is 19.2 Å². The zero-order valence-corrected chi connectivity index (χ0v) is 15.1. The van der Waals surface area contributed by atoms with Crippen LogP contribution in [0.2, 0.25) is 0 Å². The van der Waals surface area contributed by atoms with Crippen molar-refractivity contribution in [3.8, 4) is 0 Å². The standard InChI is InChI=1S/C13H12N2O3.C8H7NO/c16-11-6-5-10(13(18)14-11)15-9-4-2-1-3-8(9)7-12(15)17;10-8-5-6-3-1-2-4-7(6)9-8/h1-4,10H,5-7H2,(H,14,16,18);1-4H,5H2,(H,9,10). The number of rotatable bonds is 1. The smallest absolute Gasteiger partial charge is 0.249 e. The van der Waals surface area contributed by atoms with Crippen molar-refractivity contribution in [3.63, 3.8) is 0 Å². The van der Waals surface area contributed by atoms with Crippen LogP contribution < -0.4 is 15.5 Å². The van der Waals surface area contributed by atoms with E-state index in [4.69, 9.17) is 0 Å². The molecule has 2 N–H and O–H groups in total. The van der Waals surface area contributed by atoms with Gasteiger partial charge in [-0.25, -0.2) is 0 Å². The molecule has 28 heavy (non-hydrogen) atoms. The second-order valence-corrected chi connectivity index (χ2v) is 6.92. The SMILES string of the molecule is O=C1CCC(N2C(=O)Cc3ccccc32)C(=O)N1.O=C1Cc2ccccc2N1. The van der Waals surface area contributed by atoms with Crippen LogP contribution in [0.4, 0.5) is 11.4 Å². The Balaban J connectivity index is 0.000000162. The molecule has 2 aromatic carbocycles. The third-order valence-electron chi connectivity index (χ3n) is 5.03. The fourth-order valence-corrected chi connectivity index (χ4v) is 3.71. The van der Waals surface area contributed by atoms with Crippen LogP contribution in [-0.2, 0) is 32.0 Å². The van der Waals surface area contributed by atoms with Crippen LogP contribution in [0, 0.1) is 0 Å². The highest BCUT2D eigenvalue weighted by atomic mass is 16.2. The summed E-state index contributed by atoms with van der Waals surface area (Å²) in [5.41, 5.74) is 3.80. The molecule has 1 atom stereocenters. The molecule has 3 heterocycles. The van der Waals surface area contributed by atoms with E-state index in [1.807, 2.05) is 48.5 Å². The van der Waals surface area contributed by atoms with Gasteiger partial charge in [0, 0.05) is 17.8 Å². The molecular formula is C21H19N3O4. The lowest BCUT2D eigenvalue weighted by molar-refractivity contribution is -0.135. The Bertz CT molecular complexity index is 958. The number of carbonyl (C=O) groups is 4. The number of nitrogens with one attached hydrogen (secondary N) is 2. The molecule has 4 amide bonds. The molecule has 0 spiro atoms. The molecule has 1 unspecified atom stereocenters.